The fraction of sp³-hybridized carbons (Fsp3) is 0.364. The lowest BCUT2D eigenvalue weighted by molar-refractivity contribution is 0.0813. The highest BCUT2D eigenvalue weighted by molar-refractivity contribution is 5.79. The molecule has 3 nitrogen and oxygen atoms in total. The highest BCUT2D eigenvalue weighted by atomic mass is 16.3. The van der Waals surface area contributed by atoms with Crippen molar-refractivity contribution in [2.75, 3.05) is 0 Å². The van der Waals surface area contributed by atoms with Gasteiger partial charge in [0.1, 0.15) is 5.65 Å². The zero-order chi connectivity index (χ0) is 10.2. The van der Waals surface area contributed by atoms with Crippen LogP contribution in [0.2, 0.25) is 0 Å². The Hall–Kier alpha value is -1.35. The second kappa shape index (κ2) is 3.10. The lowest BCUT2D eigenvalue weighted by Crippen LogP contribution is -2.21. The zero-order valence-corrected chi connectivity index (χ0v) is 8.41. The molecule has 14 heavy (non-hydrogen) atoms. The van der Waals surface area contributed by atoms with Gasteiger partial charge in [0, 0.05) is 24.2 Å². The van der Waals surface area contributed by atoms with Gasteiger partial charge in [-0.1, -0.05) is 0 Å². The highest BCUT2D eigenvalue weighted by Gasteiger charge is 2.16. The summed E-state index contributed by atoms with van der Waals surface area (Å²) in [5.41, 5.74) is 1.32. The molecule has 0 aliphatic carbocycles. The van der Waals surface area contributed by atoms with Crippen molar-refractivity contribution in [1.82, 2.24) is 9.97 Å². The Kier molecular flexibility index (Phi) is 2.04. The van der Waals surface area contributed by atoms with Crippen LogP contribution in [0.5, 0.6) is 0 Å². The Morgan fingerprint density at radius 2 is 2.29 bits per heavy atom. The summed E-state index contributed by atoms with van der Waals surface area (Å²) in [4.78, 5) is 7.28. The number of aromatic nitrogens is 2. The normalized spacial score (nSPS) is 12.2. The number of aliphatic hydroxyl groups is 1. The first-order chi connectivity index (χ1) is 6.56. The molecule has 0 aliphatic rings. The molecule has 0 amide bonds. The first-order valence-corrected chi connectivity index (χ1v) is 4.70. The van der Waals surface area contributed by atoms with E-state index in [1.807, 2.05) is 32.2 Å². The van der Waals surface area contributed by atoms with Gasteiger partial charge >= 0.3 is 0 Å². The van der Waals surface area contributed by atoms with E-state index >= 15 is 0 Å². The molecule has 0 saturated carbocycles. The minimum absolute atomic E-state index is 0.638. The molecule has 2 rings (SSSR count). The Balaban J connectivity index is 2.44. The maximum absolute atomic E-state index is 9.71. The Labute approximate surface area is 82.8 Å². The van der Waals surface area contributed by atoms with E-state index in [2.05, 4.69) is 9.97 Å². The van der Waals surface area contributed by atoms with Crippen LogP contribution in [-0.2, 0) is 6.42 Å². The van der Waals surface area contributed by atoms with Crippen LogP contribution < -0.4 is 0 Å². The van der Waals surface area contributed by atoms with Crippen LogP contribution in [0.15, 0.2) is 24.5 Å². The number of nitrogens with one attached hydrogen (secondary N) is 1. The van der Waals surface area contributed by atoms with E-state index in [4.69, 9.17) is 0 Å². The molecule has 0 fully saturated rings. The molecule has 0 atom stereocenters. The maximum atomic E-state index is 9.71. The summed E-state index contributed by atoms with van der Waals surface area (Å²) < 4.78 is 0. The lowest BCUT2D eigenvalue weighted by Gasteiger charge is -2.15. The number of pyridine rings is 1. The van der Waals surface area contributed by atoms with Crippen molar-refractivity contribution < 1.29 is 5.11 Å². The van der Waals surface area contributed by atoms with Crippen molar-refractivity contribution in [3.63, 3.8) is 0 Å². The first-order valence-electron chi connectivity index (χ1n) is 4.70. The van der Waals surface area contributed by atoms with Crippen molar-refractivity contribution in [2.24, 2.45) is 0 Å². The molecule has 0 radical (unpaired) electrons. The van der Waals surface area contributed by atoms with Gasteiger partial charge in [-0.25, -0.2) is 4.98 Å². The molecular weight excluding hydrogens is 176 g/mol. The smallest absolute Gasteiger partial charge is 0.137 e. The predicted octanol–water partition coefficient (Wildman–Crippen LogP) is 1.88. The van der Waals surface area contributed by atoms with Gasteiger partial charge in [-0.2, -0.15) is 0 Å². The van der Waals surface area contributed by atoms with Crippen LogP contribution in [-0.4, -0.2) is 20.7 Å². The second-order valence-corrected chi connectivity index (χ2v) is 4.20. The average molecular weight is 190 g/mol. The first kappa shape index (κ1) is 9.21. The molecule has 2 aromatic rings. The maximum Gasteiger partial charge on any atom is 0.137 e. The van der Waals surface area contributed by atoms with E-state index in [1.165, 1.54) is 0 Å². The summed E-state index contributed by atoms with van der Waals surface area (Å²) in [6, 6.07) is 3.92. The van der Waals surface area contributed by atoms with Crippen molar-refractivity contribution in [2.45, 2.75) is 25.9 Å². The van der Waals surface area contributed by atoms with Gasteiger partial charge in [0.25, 0.3) is 0 Å². The van der Waals surface area contributed by atoms with Gasteiger partial charge in [0.15, 0.2) is 0 Å². The van der Waals surface area contributed by atoms with Gasteiger partial charge in [-0.05, 0) is 31.5 Å². The summed E-state index contributed by atoms with van der Waals surface area (Å²) in [6.07, 6.45) is 4.31. The van der Waals surface area contributed by atoms with Gasteiger partial charge < -0.3 is 10.1 Å². The largest absolute Gasteiger partial charge is 0.390 e. The summed E-state index contributed by atoms with van der Waals surface area (Å²) >= 11 is 0. The van der Waals surface area contributed by atoms with Crippen LogP contribution in [0.4, 0.5) is 0 Å². The van der Waals surface area contributed by atoms with E-state index in [0.29, 0.717) is 6.42 Å². The minimum Gasteiger partial charge on any atom is -0.390 e. The standard InChI is InChI=1S/C11H14N2O/c1-11(2,14)6-8-7-13-10-9(8)4-3-5-12-10/h3-5,7,14H,6H2,1-2H3,(H,12,13). The van der Waals surface area contributed by atoms with Crippen LogP contribution in [0.1, 0.15) is 19.4 Å². The second-order valence-electron chi connectivity index (χ2n) is 4.20. The molecule has 2 N–H and O–H groups in total. The number of aromatic amines is 1. The fourth-order valence-corrected chi connectivity index (χ4v) is 1.62. The molecule has 0 unspecified atom stereocenters. The third-order valence-electron chi connectivity index (χ3n) is 2.16. The minimum atomic E-state index is -0.676. The van der Waals surface area contributed by atoms with Crippen molar-refractivity contribution in [1.29, 1.82) is 0 Å². The van der Waals surface area contributed by atoms with E-state index in [9.17, 15) is 5.11 Å². The molecule has 0 spiro atoms. The number of hydrogen-bond acceptors (Lipinski definition) is 2. The third-order valence-corrected chi connectivity index (χ3v) is 2.16. The number of hydrogen-bond donors (Lipinski definition) is 2. The number of nitrogens with zero attached hydrogens (tertiary/aromatic N) is 1. The number of rotatable bonds is 2. The molecule has 0 saturated heterocycles. The lowest BCUT2D eigenvalue weighted by atomic mass is 9.99. The van der Waals surface area contributed by atoms with E-state index in [1.54, 1.807) is 6.20 Å². The molecule has 2 heterocycles. The van der Waals surface area contributed by atoms with Crippen LogP contribution in [0.25, 0.3) is 11.0 Å². The monoisotopic (exact) mass is 190 g/mol. The average Bonchev–Trinajstić information content (AvgIpc) is 2.47. The van der Waals surface area contributed by atoms with Crippen molar-refractivity contribution in [3.8, 4) is 0 Å². The summed E-state index contributed by atoms with van der Waals surface area (Å²) in [5.74, 6) is 0. The summed E-state index contributed by atoms with van der Waals surface area (Å²) in [5, 5.41) is 10.8. The molecule has 74 valence electrons. The molecule has 0 aromatic carbocycles. The topological polar surface area (TPSA) is 48.9 Å². The fourth-order valence-electron chi connectivity index (χ4n) is 1.62. The Bertz CT molecular complexity index is 440. The van der Waals surface area contributed by atoms with E-state index in [-0.39, 0.29) is 0 Å². The highest BCUT2D eigenvalue weighted by Crippen LogP contribution is 2.20. The van der Waals surface area contributed by atoms with Crippen LogP contribution in [0.3, 0.4) is 0 Å². The van der Waals surface area contributed by atoms with Gasteiger partial charge in [0.05, 0.1) is 5.60 Å². The van der Waals surface area contributed by atoms with Crippen LogP contribution >= 0.6 is 0 Å². The SMILES string of the molecule is CC(C)(O)Cc1c[nH]c2ncccc12. The molecule has 2 aromatic heterocycles. The molecule has 0 bridgehead atoms. The number of H-pyrrole nitrogens is 1. The predicted molar refractivity (Wildman–Crippen MR) is 56.1 cm³/mol. The van der Waals surface area contributed by atoms with Gasteiger partial charge in [-0.15, -0.1) is 0 Å². The zero-order valence-electron chi connectivity index (χ0n) is 8.41. The summed E-state index contributed by atoms with van der Waals surface area (Å²) in [6.45, 7) is 3.62. The van der Waals surface area contributed by atoms with Gasteiger partial charge in [-0.3, -0.25) is 0 Å². The van der Waals surface area contributed by atoms with Crippen molar-refractivity contribution in [3.05, 3.63) is 30.1 Å². The Morgan fingerprint density at radius 3 is 3.00 bits per heavy atom. The quantitative estimate of drug-likeness (QED) is 0.759. The van der Waals surface area contributed by atoms with Crippen LogP contribution in [0, 0.1) is 0 Å². The van der Waals surface area contributed by atoms with E-state index < -0.39 is 5.60 Å². The molecule has 3 heteroatoms. The van der Waals surface area contributed by atoms with E-state index in [0.717, 1.165) is 16.6 Å². The summed E-state index contributed by atoms with van der Waals surface area (Å²) in [7, 11) is 0. The Morgan fingerprint density at radius 1 is 1.50 bits per heavy atom. The van der Waals surface area contributed by atoms with Crippen molar-refractivity contribution >= 4 is 11.0 Å². The molecular formula is C11H14N2O. The number of fused-ring (bicyclic) bond motifs is 1. The van der Waals surface area contributed by atoms with Gasteiger partial charge in [0.2, 0.25) is 0 Å². The third kappa shape index (κ3) is 1.77. The molecule has 0 aliphatic heterocycles.